The Kier molecular flexibility index (Phi) is 5.09. The van der Waals surface area contributed by atoms with Gasteiger partial charge in [0.25, 0.3) is 5.91 Å². The number of rotatable bonds is 3. The maximum atomic E-state index is 13.6. The summed E-state index contributed by atoms with van der Waals surface area (Å²) >= 11 is 1.34. The molecule has 0 saturated heterocycles. The lowest BCUT2D eigenvalue weighted by atomic mass is 10.2. The van der Waals surface area contributed by atoms with Gasteiger partial charge in [-0.1, -0.05) is 17.9 Å². The van der Waals surface area contributed by atoms with Crippen LogP contribution in [0.1, 0.15) is 27.2 Å². The zero-order chi connectivity index (χ0) is 15.2. The lowest BCUT2D eigenvalue weighted by molar-refractivity contribution is 0.102. The van der Waals surface area contributed by atoms with Gasteiger partial charge in [0, 0.05) is 11.8 Å². The lowest BCUT2D eigenvalue weighted by Gasteiger charge is -2.06. The summed E-state index contributed by atoms with van der Waals surface area (Å²) in [6, 6.07) is 6.20. The molecule has 21 heavy (non-hydrogen) atoms. The van der Waals surface area contributed by atoms with Gasteiger partial charge in [0.2, 0.25) is 0 Å². The van der Waals surface area contributed by atoms with Gasteiger partial charge in [0.1, 0.15) is 5.82 Å². The molecule has 1 aromatic carbocycles. The van der Waals surface area contributed by atoms with Crippen molar-refractivity contribution in [2.75, 3.05) is 11.9 Å². The zero-order valence-electron chi connectivity index (χ0n) is 11.4. The van der Waals surface area contributed by atoms with Crippen LogP contribution in [0.4, 0.5) is 10.1 Å². The third kappa shape index (κ3) is 4.15. The molecule has 2 N–H and O–H groups in total. The fourth-order valence-corrected chi connectivity index (χ4v) is 2.41. The van der Waals surface area contributed by atoms with Gasteiger partial charge in [-0.05, 0) is 30.7 Å². The molecule has 1 amide bonds. The molecular weight excluding hydrogens is 289 g/mol. The van der Waals surface area contributed by atoms with Crippen molar-refractivity contribution in [2.45, 2.75) is 13.3 Å². The van der Waals surface area contributed by atoms with Gasteiger partial charge in [-0.15, -0.1) is 11.3 Å². The average Bonchev–Trinajstić information content (AvgIpc) is 2.92. The van der Waals surface area contributed by atoms with Crippen LogP contribution in [0.2, 0.25) is 0 Å². The number of amides is 1. The van der Waals surface area contributed by atoms with Gasteiger partial charge in [-0.2, -0.15) is 0 Å². The summed E-state index contributed by atoms with van der Waals surface area (Å²) in [6.45, 7) is 1.84. The first-order valence-corrected chi connectivity index (χ1v) is 7.24. The van der Waals surface area contributed by atoms with E-state index in [2.05, 4.69) is 17.2 Å². The highest BCUT2D eigenvalue weighted by Gasteiger charge is 2.11. The van der Waals surface area contributed by atoms with Crippen LogP contribution in [-0.4, -0.2) is 17.6 Å². The van der Waals surface area contributed by atoms with E-state index in [1.807, 2.05) is 6.92 Å². The van der Waals surface area contributed by atoms with E-state index in [1.54, 1.807) is 23.6 Å². The number of aryl methyl sites for hydroxylation is 1. The second-order valence-electron chi connectivity index (χ2n) is 4.41. The molecule has 2 aromatic rings. The number of carbonyl (C=O) groups excluding carboxylic acids is 1. The fraction of sp³-hybridized carbons (Fsp3) is 0.188. The van der Waals surface area contributed by atoms with Crippen LogP contribution in [0.3, 0.4) is 0 Å². The summed E-state index contributed by atoms with van der Waals surface area (Å²) in [5.41, 5.74) is 1.47. The van der Waals surface area contributed by atoms with Gasteiger partial charge in [0.15, 0.2) is 0 Å². The lowest BCUT2D eigenvalue weighted by Crippen LogP contribution is -2.12. The normalized spacial score (nSPS) is 9.86. The molecule has 108 valence electrons. The Morgan fingerprint density at radius 3 is 3.00 bits per heavy atom. The van der Waals surface area contributed by atoms with Crippen molar-refractivity contribution in [2.24, 2.45) is 0 Å². The Morgan fingerprint density at radius 2 is 2.24 bits per heavy atom. The number of hydrogen-bond acceptors (Lipinski definition) is 3. The Labute approximate surface area is 126 Å². The molecule has 3 nitrogen and oxygen atoms in total. The minimum Gasteiger partial charge on any atom is -0.395 e. The van der Waals surface area contributed by atoms with Crippen LogP contribution < -0.4 is 5.32 Å². The highest BCUT2D eigenvalue weighted by molar-refractivity contribution is 7.10. The number of anilines is 1. The molecule has 0 atom stereocenters. The average molecular weight is 303 g/mol. The van der Waals surface area contributed by atoms with Crippen molar-refractivity contribution in [1.29, 1.82) is 0 Å². The number of aliphatic hydroxyl groups is 1. The second-order valence-corrected chi connectivity index (χ2v) is 5.32. The van der Waals surface area contributed by atoms with Crippen molar-refractivity contribution >= 4 is 22.9 Å². The Morgan fingerprint density at radius 1 is 1.43 bits per heavy atom. The van der Waals surface area contributed by atoms with Crippen LogP contribution in [0.25, 0.3) is 0 Å². The largest absolute Gasteiger partial charge is 0.395 e. The van der Waals surface area contributed by atoms with E-state index in [0.29, 0.717) is 12.0 Å². The SMILES string of the molecule is Cc1ccc(F)c(NC(=O)c2csc(C#CCCO)c2)c1. The Hall–Kier alpha value is -2.16. The van der Waals surface area contributed by atoms with Crippen molar-refractivity contribution in [3.8, 4) is 11.8 Å². The molecule has 0 spiro atoms. The molecule has 0 aliphatic heterocycles. The van der Waals surface area contributed by atoms with Crippen LogP contribution in [0, 0.1) is 24.6 Å². The second kappa shape index (κ2) is 7.02. The van der Waals surface area contributed by atoms with Crippen molar-refractivity contribution in [3.05, 3.63) is 51.5 Å². The van der Waals surface area contributed by atoms with Gasteiger partial charge >= 0.3 is 0 Å². The van der Waals surface area contributed by atoms with Crippen LogP contribution >= 0.6 is 11.3 Å². The minimum atomic E-state index is -0.466. The zero-order valence-corrected chi connectivity index (χ0v) is 12.3. The van der Waals surface area contributed by atoms with Gasteiger partial charge in [-0.3, -0.25) is 4.79 Å². The fourth-order valence-electron chi connectivity index (χ4n) is 1.66. The number of benzene rings is 1. The molecule has 0 aliphatic carbocycles. The highest BCUT2D eigenvalue weighted by atomic mass is 32.1. The molecule has 0 radical (unpaired) electrons. The van der Waals surface area contributed by atoms with Crippen LogP contribution in [-0.2, 0) is 0 Å². The van der Waals surface area contributed by atoms with Crippen molar-refractivity contribution in [1.82, 2.24) is 0 Å². The van der Waals surface area contributed by atoms with E-state index in [0.717, 1.165) is 10.4 Å². The predicted molar refractivity (Wildman–Crippen MR) is 82.0 cm³/mol. The summed E-state index contributed by atoms with van der Waals surface area (Å²) in [5, 5.41) is 12.9. The summed E-state index contributed by atoms with van der Waals surface area (Å²) in [5.74, 6) is 4.81. The standard InChI is InChI=1S/C16H14FNO2S/c1-11-5-6-14(17)15(8-11)18-16(20)12-9-13(21-10-12)4-2-3-7-19/h5-6,8-10,19H,3,7H2,1H3,(H,18,20). The summed E-state index contributed by atoms with van der Waals surface area (Å²) in [4.78, 5) is 12.8. The molecule has 0 saturated carbocycles. The first-order chi connectivity index (χ1) is 10.1. The number of hydrogen-bond donors (Lipinski definition) is 2. The van der Waals surface area contributed by atoms with Crippen molar-refractivity contribution < 1.29 is 14.3 Å². The topological polar surface area (TPSA) is 49.3 Å². The maximum absolute atomic E-state index is 13.6. The third-order valence-electron chi connectivity index (χ3n) is 2.68. The van der Waals surface area contributed by atoms with Crippen LogP contribution in [0.15, 0.2) is 29.6 Å². The van der Waals surface area contributed by atoms with Crippen molar-refractivity contribution in [3.63, 3.8) is 0 Å². The summed E-state index contributed by atoms with van der Waals surface area (Å²) in [6.07, 6.45) is 0.397. The third-order valence-corrected chi connectivity index (χ3v) is 3.53. The number of aliphatic hydroxyl groups excluding tert-OH is 1. The van der Waals surface area contributed by atoms with E-state index in [-0.39, 0.29) is 18.2 Å². The first kappa shape index (κ1) is 15.2. The van der Waals surface area contributed by atoms with E-state index >= 15 is 0 Å². The summed E-state index contributed by atoms with van der Waals surface area (Å²) < 4.78 is 13.6. The minimum absolute atomic E-state index is 0.0123. The molecule has 0 unspecified atom stereocenters. The Bertz CT molecular complexity index is 713. The monoisotopic (exact) mass is 303 g/mol. The Balaban J connectivity index is 2.11. The smallest absolute Gasteiger partial charge is 0.256 e. The van der Waals surface area contributed by atoms with E-state index < -0.39 is 5.82 Å². The highest BCUT2D eigenvalue weighted by Crippen LogP contribution is 2.19. The molecule has 0 fully saturated rings. The predicted octanol–water partition coefficient (Wildman–Crippen LogP) is 3.18. The summed E-state index contributed by atoms with van der Waals surface area (Å²) in [7, 11) is 0. The van der Waals surface area contributed by atoms with E-state index in [4.69, 9.17) is 5.11 Å². The van der Waals surface area contributed by atoms with E-state index in [1.165, 1.54) is 17.4 Å². The van der Waals surface area contributed by atoms with Gasteiger partial charge in [0.05, 0.1) is 22.7 Å². The molecule has 1 heterocycles. The number of halogens is 1. The van der Waals surface area contributed by atoms with Gasteiger partial charge < -0.3 is 10.4 Å². The van der Waals surface area contributed by atoms with E-state index in [9.17, 15) is 9.18 Å². The molecule has 5 heteroatoms. The molecule has 2 rings (SSSR count). The molecule has 0 bridgehead atoms. The molecule has 0 aliphatic rings. The maximum Gasteiger partial charge on any atom is 0.256 e. The van der Waals surface area contributed by atoms with Gasteiger partial charge in [-0.25, -0.2) is 4.39 Å². The van der Waals surface area contributed by atoms with Crippen LogP contribution in [0.5, 0.6) is 0 Å². The quantitative estimate of drug-likeness (QED) is 0.856. The number of nitrogens with one attached hydrogen (secondary N) is 1. The molecular formula is C16H14FNO2S. The number of carbonyl (C=O) groups is 1. The number of thiophene rings is 1. The first-order valence-electron chi connectivity index (χ1n) is 6.36. The molecule has 1 aromatic heterocycles.